The number of halogens is 2. The molecule has 1 unspecified atom stereocenters. The number of nitrogens with zero attached hydrogens (tertiary/aromatic N) is 1. The Morgan fingerprint density at radius 1 is 1.20 bits per heavy atom. The molecule has 1 aliphatic heterocycles. The molecule has 0 spiro atoms. The van der Waals surface area contributed by atoms with Crippen LogP contribution in [0.2, 0.25) is 5.02 Å². The summed E-state index contributed by atoms with van der Waals surface area (Å²) in [6, 6.07) is 18.0. The monoisotopic (exact) mass is 379 g/mol. The van der Waals surface area contributed by atoms with Gasteiger partial charge in [-0.05, 0) is 23.3 Å². The van der Waals surface area contributed by atoms with Gasteiger partial charge < -0.3 is 10.6 Å². The molecule has 0 saturated carbocycles. The third kappa shape index (κ3) is 5.72. The third-order valence-electron chi connectivity index (χ3n) is 4.27. The second-order valence-corrected chi connectivity index (χ2v) is 6.44. The van der Waals surface area contributed by atoms with Crippen molar-refractivity contribution in [1.82, 2.24) is 15.5 Å². The van der Waals surface area contributed by atoms with Crippen LogP contribution >= 0.6 is 24.0 Å². The van der Waals surface area contributed by atoms with Gasteiger partial charge >= 0.3 is 0 Å². The highest BCUT2D eigenvalue weighted by Gasteiger charge is 2.25. The van der Waals surface area contributed by atoms with E-state index < -0.39 is 0 Å². The van der Waals surface area contributed by atoms with Crippen molar-refractivity contribution < 1.29 is 4.79 Å². The van der Waals surface area contributed by atoms with E-state index in [9.17, 15) is 4.79 Å². The number of carbonyl (C=O) groups is 1. The summed E-state index contributed by atoms with van der Waals surface area (Å²) in [5.41, 5.74) is 2.25. The van der Waals surface area contributed by atoms with E-state index in [0.29, 0.717) is 13.1 Å². The summed E-state index contributed by atoms with van der Waals surface area (Å²) in [5.74, 6) is 0.0489. The fraction of sp³-hybridized carbons (Fsp3) is 0.316. The molecule has 1 fully saturated rings. The number of benzene rings is 2. The largest absolute Gasteiger partial charge is 0.351 e. The van der Waals surface area contributed by atoms with Crippen molar-refractivity contribution in [3.8, 4) is 0 Å². The molecule has 134 valence electrons. The van der Waals surface area contributed by atoms with E-state index >= 15 is 0 Å². The van der Waals surface area contributed by atoms with Crippen molar-refractivity contribution in [1.29, 1.82) is 0 Å². The Bertz CT molecular complexity index is 681. The summed E-state index contributed by atoms with van der Waals surface area (Å²) in [7, 11) is 0. The molecule has 25 heavy (non-hydrogen) atoms. The van der Waals surface area contributed by atoms with E-state index in [1.807, 2.05) is 48.5 Å². The van der Waals surface area contributed by atoms with Gasteiger partial charge in [0.15, 0.2) is 0 Å². The fourth-order valence-corrected chi connectivity index (χ4v) is 3.21. The first-order valence-electron chi connectivity index (χ1n) is 8.23. The van der Waals surface area contributed by atoms with E-state index in [1.54, 1.807) is 0 Å². The van der Waals surface area contributed by atoms with Crippen LogP contribution in [0.1, 0.15) is 17.2 Å². The number of hydrogen-bond donors (Lipinski definition) is 2. The van der Waals surface area contributed by atoms with Crippen LogP contribution in [-0.2, 0) is 11.3 Å². The lowest BCUT2D eigenvalue weighted by Crippen LogP contribution is -2.49. The minimum absolute atomic E-state index is 0. The molecule has 1 heterocycles. The number of rotatable bonds is 5. The molecule has 6 heteroatoms. The van der Waals surface area contributed by atoms with Crippen molar-refractivity contribution in [2.45, 2.75) is 12.6 Å². The number of hydrogen-bond acceptors (Lipinski definition) is 3. The van der Waals surface area contributed by atoms with Gasteiger partial charge in [-0.3, -0.25) is 9.69 Å². The summed E-state index contributed by atoms with van der Waals surface area (Å²) in [6.45, 7) is 3.52. The lowest BCUT2D eigenvalue weighted by molar-refractivity contribution is -0.123. The molecule has 3 rings (SSSR count). The van der Waals surface area contributed by atoms with E-state index in [2.05, 4.69) is 21.6 Å². The zero-order chi connectivity index (χ0) is 16.8. The highest BCUT2D eigenvalue weighted by molar-refractivity contribution is 6.30. The first-order valence-corrected chi connectivity index (χ1v) is 8.61. The fourth-order valence-electron chi connectivity index (χ4n) is 3.02. The summed E-state index contributed by atoms with van der Waals surface area (Å²) < 4.78 is 0. The number of piperazine rings is 1. The Labute approximate surface area is 160 Å². The zero-order valence-corrected chi connectivity index (χ0v) is 15.5. The van der Waals surface area contributed by atoms with Crippen LogP contribution in [0.3, 0.4) is 0 Å². The molecule has 0 bridgehead atoms. The maximum atomic E-state index is 12.3. The molecule has 2 aromatic rings. The van der Waals surface area contributed by atoms with Crippen LogP contribution < -0.4 is 10.6 Å². The summed E-state index contributed by atoms with van der Waals surface area (Å²) in [6.07, 6.45) is 0. The summed E-state index contributed by atoms with van der Waals surface area (Å²) in [4.78, 5) is 14.5. The van der Waals surface area contributed by atoms with Crippen molar-refractivity contribution in [3.63, 3.8) is 0 Å². The van der Waals surface area contributed by atoms with E-state index in [4.69, 9.17) is 11.6 Å². The minimum Gasteiger partial charge on any atom is -0.351 e. The second kappa shape index (κ2) is 9.78. The number of carbonyl (C=O) groups excluding carboxylic acids is 1. The Kier molecular flexibility index (Phi) is 7.72. The van der Waals surface area contributed by atoms with E-state index in [1.165, 1.54) is 0 Å². The SMILES string of the molecule is Cl.O=C(CN1CCNCC1c1cccc(Cl)c1)NCc1ccccc1. The van der Waals surface area contributed by atoms with Crippen LogP contribution in [0.5, 0.6) is 0 Å². The van der Waals surface area contributed by atoms with Gasteiger partial charge in [-0.15, -0.1) is 12.4 Å². The van der Waals surface area contributed by atoms with Crippen LogP contribution in [0.15, 0.2) is 54.6 Å². The van der Waals surface area contributed by atoms with Crippen molar-refractivity contribution >= 4 is 29.9 Å². The van der Waals surface area contributed by atoms with Gasteiger partial charge in [-0.1, -0.05) is 54.1 Å². The Balaban J connectivity index is 0.00000225. The maximum Gasteiger partial charge on any atom is 0.234 e. The first-order chi connectivity index (χ1) is 11.7. The normalized spacial score (nSPS) is 17.6. The molecule has 2 aromatic carbocycles. The molecule has 0 aliphatic carbocycles. The summed E-state index contributed by atoms with van der Waals surface area (Å²) >= 11 is 6.12. The molecule has 0 aromatic heterocycles. The molecule has 0 radical (unpaired) electrons. The predicted molar refractivity (Wildman–Crippen MR) is 104 cm³/mol. The van der Waals surface area contributed by atoms with Crippen LogP contribution in [0.4, 0.5) is 0 Å². The van der Waals surface area contributed by atoms with Gasteiger partial charge in [0.2, 0.25) is 5.91 Å². The smallest absolute Gasteiger partial charge is 0.234 e. The maximum absolute atomic E-state index is 12.3. The van der Waals surface area contributed by atoms with Gasteiger partial charge in [0.1, 0.15) is 0 Å². The van der Waals surface area contributed by atoms with Gasteiger partial charge in [0, 0.05) is 37.2 Å². The van der Waals surface area contributed by atoms with Crippen molar-refractivity contribution in [2.75, 3.05) is 26.2 Å². The van der Waals surface area contributed by atoms with Gasteiger partial charge in [-0.25, -0.2) is 0 Å². The van der Waals surface area contributed by atoms with E-state index in [-0.39, 0.29) is 24.4 Å². The molecule has 1 amide bonds. The first kappa shape index (κ1) is 19.7. The topological polar surface area (TPSA) is 44.4 Å². The molecule has 1 aliphatic rings. The Morgan fingerprint density at radius 3 is 2.76 bits per heavy atom. The van der Waals surface area contributed by atoms with E-state index in [0.717, 1.165) is 35.8 Å². The molecular weight excluding hydrogens is 357 g/mol. The molecule has 1 saturated heterocycles. The van der Waals surface area contributed by atoms with Gasteiger partial charge in [0.25, 0.3) is 0 Å². The van der Waals surface area contributed by atoms with Crippen molar-refractivity contribution in [3.05, 3.63) is 70.7 Å². The minimum atomic E-state index is 0. The quantitative estimate of drug-likeness (QED) is 0.838. The highest BCUT2D eigenvalue weighted by Crippen LogP contribution is 2.24. The average molecular weight is 380 g/mol. The van der Waals surface area contributed by atoms with Crippen LogP contribution in [0.25, 0.3) is 0 Å². The van der Waals surface area contributed by atoms with Crippen molar-refractivity contribution in [2.24, 2.45) is 0 Å². The summed E-state index contributed by atoms with van der Waals surface area (Å²) in [5, 5.41) is 7.13. The molecular formula is C19H23Cl2N3O. The highest BCUT2D eigenvalue weighted by atomic mass is 35.5. The Hall–Kier alpha value is -1.59. The van der Waals surface area contributed by atoms with Crippen LogP contribution in [0, 0.1) is 0 Å². The van der Waals surface area contributed by atoms with Crippen LogP contribution in [-0.4, -0.2) is 37.0 Å². The Morgan fingerprint density at radius 2 is 2.00 bits per heavy atom. The lowest BCUT2D eigenvalue weighted by Gasteiger charge is -2.36. The number of amides is 1. The molecule has 1 atom stereocenters. The predicted octanol–water partition coefficient (Wildman–Crippen LogP) is 3.02. The standard InChI is InChI=1S/C19H22ClN3O.ClH/c20-17-8-4-7-16(11-17)18-13-21-9-10-23(18)14-19(24)22-12-15-5-2-1-3-6-15;/h1-8,11,18,21H,9-10,12-14H2,(H,22,24);1H. The number of nitrogens with one attached hydrogen (secondary N) is 2. The van der Waals surface area contributed by atoms with Gasteiger partial charge in [-0.2, -0.15) is 0 Å². The van der Waals surface area contributed by atoms with Gasteiger partial charge in [0.05, 0.1) is 6.54 Å². The lowest BCUT2D eigenvalue weighted by atomic mass is 10.0. The molecule has 4 nitrogen and oxygen atoms in total. The average Bonchev–Trinajstić information content (AvgIpc) is 2.61. The third-order valence-corrected chi connectivity index (χ3v) is 4.50. The molecule has 2 N–H and O–H groups in total. The second-order valence-electron chi connectivity index (χ2n) is 6.01. The zero-order valence-electron chi connectivity index (χ0n) is 14.0.